The molecule has 3 N–H and O–H groups in total. The topological polar surface area (TPSA) is 140 Å². The van der Waals surface area contributed by atoms with E-state index in [0.717, 1.165) is 31.2 Å². The van der Waals surface area contributed by atoms with E-state index in [9.17, 15) is 14.9 Å². The molecule has 1 aliphatic carbocycles. The minimum atomic E-state index is -0.418. The van der Waals surface area contributed by atoms with Gasteiger partial charge in [-0.25, -0.2) is 0 Å². The van der Waals surface area contributed by atoms with Gasteiger partial charge < -0.3 is 15.5 Å². The van der Waals surface area contributed by atoms with Gasteiger partial charge in [0.1, 0.15) is 22.7 Å². The van der Waals surface area contributed by atoms with Gasteiger partial charge in [0, 0.05) is 17.7 Å². The van der Waals surface area contributed by atoms with Gasteiger partial charge in [-0.2, -0.15) is 5.26 Å². The molecule has 172 valence electrons. The maximum absolute atomic E-state index is 12.7. The van der Waals surface area contributed by atoms with E-state index in [0.29, 0.717) is 40.3 Å². The average Bonchev–Trinajstić information content (AvgIpc) is 3.47. The Bertz CT molecular complexity index is 1180. The number of amides is 2. The standard InChI is InChI=1S/C22H24N6O3S2/c23-11-16-15-6-2-1-3-7-17(15)33-21(16)25-20(30)13-32-22-27-26-19(9-8-18(24)29)28(22)12-14-5-4-10-31-14/h4-5,10H,1-3,6-9,12-13H2,(H2,24,29)(H,25,30). The van der Waals surface area contributed by atoms with Crippen LogP contribution in [0.25, 0.3) is 0 Å². The van der Waals surface area contributed by atoms with Crippen LogP contribution in [0.3, 0.4) is 0 Å². The monoisotopic (exact) mass is 484 g/mol. The lowest BCUT2D eigenvalue weighted by molar-refractivity contribution is -0.118. The molecule has 2 amide bonds. The van der Waals surface area contributed by atoms with Crippen LogP contribution in [-0.2, 0) is 35.4 Å². The quantitative estimate of drug-likeness (QED) is 0.351. The fraction of sp³-hybridized carbons (Fsp3) is 0.409. The summed E-state index contributed by atoms with van der Waals surface area (Å²) < 4.78 is 7.26. The number of fused-ring (bicyclic) bond motifs is 1. The number of nitrogens with one attached hydrogen (secondary N) is 1. The summed E-state index contributed by atoms with van der Waals surface area (Å²) in [5.74, 6) is 0.791. The molecular formula is C22H24N6O3S2. The highest BCUT2D eigenvalue weighted by atomic mass is 32.2. The SMILES string of the molecule is N#Cc1c(NC(=O)CSc2nnc(CCC(N)=O)n2Cc2ccco2)sc2c1CCCCC2. The summed E-state index contributed by atoms with van der Waals surface area (Å²) in [6.45, 7) is 0.383. The highest BCUT2D eigenvalue weighted by molar-refractivity contribution is 7.99. The summed E-state index contributed by atoms with van der Waals surface area (Å²) in [5.41, 5.74) is 6.98. The zero-order valence-corrected chi connectivity index (χ0v) is 19.6. The van der Waals surface area contributed by atoms with Gasteiger partial charge in [-0.05, 0) is 43.4 Å². The Balaban J connectivity index is 1.45. The van der Waals surface area contributed by atoms with Crippen molar-refractivity contribution in [3.05, 3.63) is 46.0 Å². The van der Waals surface area contributed by atoms with Gasteiger partial charge >= 0.3 is 0 Å². The van der Waals surface area contributed by atoms with Gasteiger partial charge in [0.25, 0.3) is 0 Å². The number of rotatable bonds is 9. The molecule has 0 atom stereocenters. The third-order valence-electron chi connectivity index (χ3n) is 5.40. The molecule has 0 unspecified atom stereocenters. The van der Waals surface area contributed by atoms with E-state index in [2.05, 4.69) is 21.6 Å². The number of hydrogen-bond donors (Lipinski definition) is 2. The minimum Gasteiger partial charge on any atom is -0.467 e. The molecule has 0 aliphatic heterocycles. The molecule has 0 saturated heterocycles. The molecule has 0 bridgehead atoms. The second-order valence-electron chi connectivity index (χ2n) is 7.75. The van der Waals surface area contributed by atoms with Crippen molar-refractivity contribution < 1.29 is 14.0 Å². The van der Waals surface area contributed by atoms with Gasteiger partial charge in [0.15, 0.2) is 5.16 Å². The Morgan fingerprint density at radius 1 is 1.30 bits per heavy atom. The maximum atomic E-state index is 12.7. The van der Waals surface area contributed by atoms with Crippen molar-refractivity contribution in [2.45, 2.75) is 56.6 Å². The van der Waals surface area contributed by atoms with Crippen molar-refractivity contribution in [1.82, 2.24) is 14.8 Å². The number of nitriles is 1. The first-order valence-electron chi connectivity index (χ1n) is 10.7. The minimum absolute atomic E-state index is 0.111. The molecule has 4 rings (SSSR count). The smallest absolute Gasteiger partial charge is 0.235 e. The van der Waals surface area contributed by atoms with Crippen LogP contribution in [0.2, 0.25) is 0 Å². The third kappa shape index (κ3) is 5.64. The molecule has 3 aromatic rings. The third-order valence-corrected chi connectivity index (χ3v) is 7.57. The average molecular weight is 485 g/mol. The van der Waals surface area contributed by atoms with Crippen molar-refractivity contribution in [3.8, 4) is 6.07 Å². The Hall–Kier alpha value is -3.10. The highest BCUT2D eigenvalue weighted by Gasteiger charge is 2.22. The number of thiophene rings is 1. The maximum Gasteiger partial charge on any atom is 0.235 e. The molecule has 0 fully saturated rings. The number of nitrogens with two attached hydrogens (primary N) is 1. The van der Waals surface area contributed by atoms with Gasteiger partial charge in [-0.3, -0.25) is 14.2 Å². The van der Waals surface area contributed by atoms with Gasteiger partial charge in [-0.15, -0.1) is 21.5 Å². The number of primary amides is 1. The van der Waals surface area contributed by atoms with Crippen molar-refractivity contribution in [2.75, 3.05) is 11.1 Å². The van der Waals surface area contributed by atoms with Gasteiger partial charge in [-0.1, -0.05) is 18.2 Å². The summed E-state index contributed by atoms with van der Waals surface area (Å²) in [7, 11) is 0. The number of furan rings is 1. The Labute approximate surface area is 199 Å². The van der Waals surface area contributed by atoms with Crippen LogP contribution < -0.4 is 11.1 Å². The van der Waals surface area contributed by atoms with Crippen LogP contribution in [0.1, 0.15) is 53.3 Å². The van der Waals surface area contributed by atoms with Crippen molar-refractivity contribution in [3.63, 3.8) is 0 Å². The van der Waals surface area contributed by atoms with Crippen molar-refractivity contribution in [1.29, 1.82) is 5.26 Å². The molecule has 0 spiro atoms. The zero-order chi connectivity index (χ0) is 23.2. The van der Waals surface area contributed by atoms with E-state index in [1.807, 2.05) is 10.6 Å². The van der Waals surface area contributed by atoms with Crippen LogP contribution >= 0.6 is 23.1 Å². The second-order valence-corrected chi connectivity index (χ2v) is 9.80. The van der Waals surface area contributed by atoms with E-state index in [-0.39, 0.29) is 18.1 Å². The zero-order valence-electron chi connectivity index (χ0n) is 18.0. The first kappa shape index (κ1) is 23.1. The van der Waals surface area contributed by atoms with Crippen LogP contribution in [0.15, 0.2) is 28.0 Å². The van der Waals surface area contributed by atoms with E-state index in [1.165, 1.54) is 34.4 Å². The molecule has 0 aromatic carbocycles. The molecule has 1 aliphatic rings. The van der Waals surface area contributed by atoms with E-state index < -0.39 is 5.91 Å². The lowest BCUT2D eigenvalue weighted by Crippen LogP contribution is -2.16. The number of nitrogens with zero attached hydrogens (tertiary/aromatic N) is 4. The number of carbonyl (C=O) groups is 2. The predicted molar refractivity (Wildman–Crippen MR) is 125 cm³/mol. The number of aromatic nitrogens is 3. The van der Waals surface area contributed by atoms with Crippen molar-refractivity contribution >= 4 is 39.9 Å². The van der Waals surface area contributed by atoms with E-state index >= 15 is 0 Å². The fourth-order valence-electron chi connectivity index (χ4n) is 3.80. The van der Waals surface area contributed by atoms with Crippen LogP contribution in [0, 0.1) is 11.3 Å². The number of anilines is 1. The first-order chi connectivity index (χ1) is 16.0. The number of hydrogen-bond acceptors (Lipinski definition) is 8. The lowest BCUT2D eigenvalue weighted by Gasteiger charge is -2.08. The molecule has 33 heavy (non-hydrogen) atoms. The predicted octanol–water partition coefficient (Wildman–Crippen LogP) is 3.27. The fourth-order valence-corrected chi connectivity index (χ4v) is 5.82. The normalized spacial score (nSPS) is 13.2. The van der Waals surface area contributed by atoms with Crippen LogP contribution in [0.5, 0.6) is 0 Å². The summed E-state index contributed by atoms with van der Waals surface area (Å²) in [5, 5.41) is 22.1. The van der Waals surface area contributed by atoms with E-state index in [1.54, 1.807) is 12.3 Å². The van der Waals surface area contributed by atoms with Gasteiger partial charge in [0.05, 0.1) is 24.1 Å². The Morgan fingerprint density at radius 2 is 2.15 bits per heavy atom. The summed E-state index contributed by atoms with van der Waals surface area (Å²) in [6.07, 6.45) is 7.30. The molecule has 9 nitrogen and oxygen atoms in total. The summed E-state index contributed by atoms with van der Waals surface area (Å²) in [4.78, 5) is 25.1. The molecule has 3 aromatic heterocycles. The van der Waals surface area contributed by atoms with Gasteiger partial charge in [0.2, 0.25) is 11.8 Å². The molecule has 0 radical (unpaired) electrons. The summed E-state index contributed by atoms with van der Waals surface area (Å²) >= 11 is 2.76. The number of thioether (sulfide) groups is 1. The van der Waals surface area contributed by atoms with Crippen LogP contribution in [0.4, 0.5) is 5.00 Å². The molecule has 3 heterocycles. The lowest BCUT2D eigenvalue weighted by atomic mass is 10.1. The number of carbonyl (C=O) groups excluding carboxylic acids is 2. The molecule has 0 saturated carbocycles. The first-order valence-corrected chi connectivity index (χ1v) is 12.6. The van der Waals surface area contributed by atoms with Crippen molar-refractivity contribution in [2.24, 2.45) is 5.73 Å². The van der Waals surface area contributed by atoms with E-state index in [4.69, 9.17) is 10.2 Å². The Kier molecular flexibility index (Phi) is 7.47. The molecular weight excluding hydrogens is 460 g/mol. The summed E-state index contributed by atoms with van der Waals surface area (Å²) in [6, 6.07) is 5.91. The Morgan fingerprint density at radius 3 is 2.91 bits per heavy atom. The largest absolute Gasteiger partial charge is 0.467 e. The second kappa shape index (κ2) is 10.7. The highest BCUT2D eigenvalue weighted by Crippen LogP contribution is 2.37. The molecule has 11 heteroatoms. The number of aryl methyl sites for hydroxylation is 2. The van der Waals surface area contributed by atoms with Crippen LogP contribution in [-0.4, -0.2) is 32.3 Å².